The number of likely N-dealkylation sites (tertiary alicyclic amines) is 1. The number of nitrogens with one attached hydrogen (secondary N) is 3. The predicted molar refractivity (Wildman–Crippen MR) is 116 cm³/mol. The number of guanidine groups is 1. The molecule has 158 valence electrons. The normalized spacial score (nSPS) is 18.8. The number of aliphatic imine (C=N–C) groups is 1. The van der Waals surface area contributed by atoms with Crippen molar-refractivity contribution in [2.45, 2.75) is 45.2 Å². The van der Waals surface area contributed by atoms with Crippen LogP contribution in [0.1, 0.15) is 38.2 Å². The molecule has 8 heteroatoms. The molecule has 1 aromatic carbocycles. The highest BCUT2D eigenvalue weighted by atomic mass is 32.2. The van der Waals surface area contributed by atoms with Gasteiger partial charge >= 0.3 is 0 Å². The largest absolute Gasteiger partial charge is 0.355 e. The van der Waals surface area contributed by atoms with E-state index in [2.05, 4.69) is 32.2 Å². The summed E-state index contributed by atoms with van der Waals surface area (Å²) in [4.78, 5) is 6.73. The standard InChI is InChI=1S/C20H35N5O2S/c1-3-19-11-7-8-14-25(19)15-12-22-20(21-2)23-13-16-28(26,27)24-17-18-9-5-4-6-10-18/h4-6,9-10,19,24H,3,7-8,11-17H2,1-2H3,(H2,21,22,23). The van der Waals surface area contributed by atoms with E-state index in [9.17, 15) is 8.42 Å². The first kappa shape index (κ1) is 22.6. The molecular weight excluding hydrogens is 374 g/mol. The molecule has 28 heavy (non-hydrogen) atoms. The Labute approximate surface area is 170 Å². The average molecular weight is 410 g/mol. The van der Waals surface area contributed by atoms with E-state index < -0.39 is 10.0 Å². The van der Waals surface area contributed by atoms with Gasteiger partial charge in [-0.3, -0.25) is 9.89 Å². The third-order valence-corrected chi connectivity index (χ3v) is 6.46. The smallest absolute Gasteiger partial charge is 0.213 e. The predicted octanol–water partition coefficient (Wildman–Crippen LogP) is 1.54. The summed E-state index contributed by atoms with van der Waals surface area (Å²) >= 11 is 0. The lowest BCUT2D eigenvalue weighted by Crippen LogP contribution is -2.46. The molecule has 1 fully saturated rings. The maximum Gasteiger partial charge on any atom is 0.213 e. The maximum absolute atomic E-state index is 12.1. The average Bonchev–Trinajstić information content (AvgIpc) is 2.72. The topological polar surface area (TPSA) is 85.8 Å². The van der Waals surface area contributed by atoms with Crippen molar-refractivity contribution in [1.29, 1.82) is 0 Å². The highest BCUT2D eigenvalue weighted by molar-refractivity contribution is 7.89. The second-order valence-electron chi connectivity index (χ2n) is 7.15. The summed E-state index contributed by atoms with van der Waals surface area (Å²) in [6.07, 6.45) is 5.09. The second kappa shape index (κ2) is 12.0. The van der Waals surface area contributed by atoms with Crippen molar-refractivity contribution < 1.29 is 8.42 Å². The Morgan fingerprint density at radius 3 is 2.64 bits per heavy atom. The Kier molecular flexibility index (Phi) is 9.73. The van der Waals surface area contributed by atoms with Crippen molar-refractivity contribution in [2.24, 2.45) is 4.99 Å². The number of piperidine rings is 1. The van der Waals surface area contributed by atoms with Gasteiger partial charge < -0.3 is 10.6 Å². The lowest BCUT2D eigenvalue weighted by Gasteiger charge is -2.35. The van der Waals surface area contributed by atoms with Crippen LogP contribution in [0.2, 0.25) is 0 Å². The van der Waals surface area contributed by atoms with Crippen molar-refractivity contribution in [3.63, 3.8) is 0 Å². The molecule has 2 rings (SSSR count). The number of rotatable bonds is 10. The molecule has 1 unspecified atom stereocenters. The van der Waals surface area contributed by atoms with Crippen LogP contribution in [0.4, 0.5) is 0 Å². The van der Waals surface area contributed by atoms with E-state index >= 15 is 0 Å². The van der Waals surface area contributed by atoms with Crippen LogP contribution in [0.5, 0.6) is 0 Å². The summed E-state index contributed by atoms with van der Waals surface area (Å²) in [6, 6.07) is 10.2. The Hall–Kier alpha value is -1.64. The van der Waals surface area contributed by atoms with E-state index in [0.717, 1.165) is 25.2 Å². The highest BCUT2D eigenvalue weighted by Gasteiger charge is 2.20. The maximum atomic E-state index is 12.1. The van der Waals surface area contributed by atoms with Crippen LogP contribution in [-0.4, -0.2) is 64.3 Å². The van der Waals surface area contributed by atoms with Crippen molar-refractivity contribution >= 4 is 16.0 Å². The van der Waals surface area contributed by atoms with Crippen molar-refractivity contribution in [3.8, 4) is 0 Å². The highest BCUT2D eigenvalue weighted by Crippen LogP contribution is 2.18. The second-order valence-corrected chi connectivity index (χ2v) is 9.07. The minimum Gasteiger partial charge on any atom is -0.355 e. The first-order valence-corrected chi connectivity index (χ1v) is 11.9. The van der Waals surface area contributed by atoms with Gasteiger partial charge in [0, 0.05) is 39.3 Å². The first-order valence-electron chi connectivity index (χ1n) is 10.2. The van der Waals surface area contributed by atoms with E-state index in [1.54, 1.807) is 7.05 Å². The van der Waals surface area contributed by atoms with Crippen molar-refractivity contribution in [2.75, 3.05) is 39.0 Å². The first-order chi connectivity index (χ1) is 13.5. The number of sulfonamides is 1. The van der Waals surface area contributed by atoms with E-state index in [0.29, 0.717) is 25.1 Å². The van der Waals surface area contributed by atoms with Crippen LogP contribution in [-0.2, 0) is 16.6 Å². The van der Waals surface area contributed by atoms with Gasteiger partial charge in [0.1, 0.15) is 0 Å². The summed E-state index contributed by atoms with van der Waals surface area (Å²) in [7, 11) is -1.63. The van der Waals surface area contributed by atoms with Crippen molar-refractivity contribution in [3.05, 3.63) is 35.9 Å². The molecule has 0 aliphatic carbocycles. The zero-order valence-electron chi connectivity index (χ0n) is 17.2. The molecule has 1 saturated heterocycles. The molecule has 1 aliphatic rings. The molecule has 7 nitrogen and oxygen atoms in total. The van der Waals surface area contributed by atoms with Gasteiger partial charge in [0.15, 0.2) is 5.96 Å². The van der Waals surface area contributed by atoms with Crippen LogP contribution in [0.25, 0.3) is 0 Å². The number of nitrogens with zero attached hydrogens (tertiary/aromatic N) is 2. The molecule has 0 saturated carbocycles. The molecule has 0 spiro atoms. The summed E-state index contributed by atoms with van der Waals surface area (Å²) < 4.78 is 26.9. The Morgan fingerprint density at radius 2 is 1.93 bits per heavy atom. The van der Waals surface area contributed by atoms with E-state index in [-0.39, 0.29) is 5.75 Å². The van der Waals surface area contributed by atoms with Crippen LogP contribution in [0, 0.1) is 0 Å². The molecule has 3 N–H and O–H groups in total. The molecule has 0 radical (unpaired) electrons. The number of benzene rings is 1. The van der Waals surface area contributed by atoms with Gasteiger partial charge in [0.05, 0.1) is 5.75 Å². The summed E-state index contributed by atoms with van der Waals surface area (Å²) in [5.41, 5.74) is 0.944. The molecule has 0 bridgehead atoms. The van der Waals surface area contributed by atoms with Gasteiger partial charge in [0.2, 0.25) is 10.0 Å². The van der Waals surface area contributed by atoms with E-state index in [1.807, 2.05) is 30.3 Å². The number of hydrogen-bond donors (Lipinski definition) is 3. The van der Waals surface area contributed by atoms with E-state index in [4.69, 9.17) is 0 Å². The van der Waals surface area contributed by atoms with Gasteiger partial charge in [-0.15, -0.1) is 0 Å². The fourth-order valence-electron chi connectivity index (χ4n) is 3.52. The molecule has 1 atom stereocenters. The summed E-state index contributed by atoms with van der Waals surface area (Å²) in [5.74, 6) is 0.646. The molecule has 0 amide bonds. The molecule has 1 aliphatic heterocycles. The Bertz CT molecular complexity index is 694. The monoisotopic (exact) mass is 409 g/mol. The summed E-state index contributed by atoms with van der Waals surface area (Å²) in [6.45, 7) is 5.82. The Balaban J connectivity index is 1.65. The van der Waals surface area contributed by atoms with Gasteiger partial charge in [-0.25, -0.2) is 13.1 Å². The van der Waals surface area contributed by atoms with Gasteiger partial charge in [-0.05, 0) is 31.4 Å². The minimum atomic E-state index is -3.34. The minimum absolute atomic E-state index is 0.00453. The van der Waals surface area contributed by atoms with Crippen LogP contribution >= 0.6 is 0 Å². The van der Waals surface area contributed by atoms with Gasteiger partial charge in [-0.2, -0.15) is 0 Å². The van der Waals surface area contributed by atoms with Crippen LogP contribution < -0.4 is 15.4 Å². The third-order valence-electron chi connectivity index (χ3n) is 5.14. The van der Waals surface area contributed by atoms with Crippen molar-refractivity contribution in [1.82, 2.24) is 20.3 Å². The SMILES string of the molecule is CCC1CCCCN1CCNC(=NC)NCCS(=O)(=O)NCc1ccccc1. The van der Waals surface area contributed by atoms with Gasteiger partial charge in [-0.1, -0.05) is 43.7 Å². The number of hydrogen-bond acceptors (Lipinski definition) is 4. The lowest BCUT2D eigenvalue weighted by molar-refractivity contribution is 0.147. The Morgan fingerprint density at radius 1 is 1.18 bits per heavy atom. The third kappa shape index (κ3) is 8.16. The molecular formula is C20H35N5O2S. The molecule has 1 heterocycles. The fourth-order valence-corrected chi connectivity index (χ4v) is 4.42. The van der Waals surface area contributed by atoms with Gasteiger partial charge in [0.25, 0.3) is 0 Å². The quantitative estimate of drug-likeness (QED) is 0.403. The molecule has 1 aromatic rings. The lowest BCUT2D eigenvalue weighted by atomic mass is 10.0. The molecule has 0 aromatic heterocycles. The zero-order valence-corrected chi connectivity index (χ0v) is 18.0. The van der Waals surface area contributed by atoms with Crippen LogP contribution in [0.3, 0.4) is 0 Å². The zero-order chi connectivity index (χ0) is 20.2. The fraction of sp³-hybridized carbons (Fsp3) is 0.650. The van der Waals surface area contributed by atoms with E-state index in [1.165, 1.54) is 25.7 Å². The summed E-state index contributed by atoms with van der Waals surface area (Å²) in [5, 5.41) is 6.38. The van der Waals surface area contributed by atoms with Crippen LogP contribution in [0.15, 0.2) is 35.3 Å².